The number of benzene rings is 3. The minimum absolute atomic E-state index is 0.215. The predicted octanol–water partition coefficient (Wildman–Crippen LogP) is 6.76. The fraction of sp³-hybridized carbons (Fsp3) is 0.152. The number of para-hydroxylation sites is 3. The van der Waals surface area contributed by atoms with Crippen LogP contribution < -0.4 is 4.74 Å². The highest BCUT2D eigenvalue weighted by Crippen LogP contribution is 2.52. The molecule has 5 heterocycles. The lowest BCUT2D eigenvalue weighted by molar-refractivity contribution is 0.0230. The van der Waals surface area contributed by atoms with Gasteiger partial charge < -0.3 is 14.0 Å². The van der Waals surface area contributed by atoms with Gasteiger partial charge >= 0.3 is 5.97 Å². The zero-order chi connectivity index (χ0) is 28.6. The molecule has 1 aliphatic rings. The fourth-order valence-electron chi connectivity index (χ4n) is 6.43. The summed E-state index contributed by atoms with van der Waals surface area (Å²) in [5.41, 5.74) is 5.77. The van der Waals surface area contributed by atoms with E-state index >= 15 is 0 Å². The smallest absolute Gasteiger partial charge is 0.360 e. The molecule has 0 amide bonds. The van der Waals surface area contributed by atoms with Gasteiger partial charge in [0.25, 0.3) is 0 Å². The van der Waals surface area contributed by atoms with Crippen LogP contribution >= 0.6 is 11.3 Å². The summed E-state index contributed by atoms with van der Waals surface area (Å²) in [4.78, 5) is 29.8. The second kappa shape index (κ2) is 8.99. The van der Waals surface area contributed by atoms with Gasteiger partial charge in [-0.1, -0.05) is 30.3 Å². The first-order chi connectivity index (χ1) is 20.5. The first-order valence-electron chi connectivity index (χ1n) is 13.7. The largest absolute Gasteiger partial charge is 0.497 e. The molecule has 0 fully saturated rings. The summed E-state index contributed by atoms with van der Waals surface area (Å²) >= 11 is 1.52. The van der Waals surface area contributed by atoms with E-state index in [1.165, 1.54) is 11.3 Å². The van der Waals surface area contributed by atoms with Crippen molar-refractivity contribution in [3.05, 3.63) is 113 Å². The Morgan fingerprint density at radius 2 is 1.67 bits per heavy atom. The molecule has 0 saturated heterocycles. The fourth-order valence-corrected chi connectivity index (χ4v) is 7.14. The van der Waals surface area contributed by atoms with Crippen LogP contribution in [0.2, 0.25) is 0 Å². The van der Waals surface area contributed by atoms with Gasteiger partial charge in [0.15, 0.2) is 10.7 Å². The molecule has 0 saturated carbocycles. The van der Waals surface area contributed by atoms with Crippen molar-refractivity contribution in [3.8, 4) is 17.0 Å². The number of rotatable bonds is 5. The van der Waals surface area contributed by atoms with Crippen molar-refractivity contribution >= 4 is 44.2 Å². The molecule has 0 aliphatic carbocycles. The lowest BCUT2D eigenvalue weighted by Crippen LogP contribution is -2.33. The summed E-state index contributed by atoms with van der Waals surface area (Å²) in [5, 5.41) is 2.97. The highest BCUT2D eigenvalue weighted by atomic mass is 32.1. The summed E-state index contributed by atoms with van der Waals surface area (Å²) in [6, 6.07) is 23.6. The van der Waals surface area contributed by atoms with Crippen LogP contribution in [0.5, 0.6) is 5.75 Å². The van der Waals surface area contributed by atoms with Gasteiger partial charge in [-0.3, -0.25) is 4.40 Å². The zero-order valence-electron chi connectivity index (χ0n) is 23.2. The van der Waals surface area contributed by atoms with E-state index in [1.807, 2.05) is 76.6 Å². The molecule has 8 nitrogen and oxygen atoms in total. The van der Waals surface area contributed by atoms with Gasteiger partial charge in [0.1, 0.15) is 17.1 Å². The number of esters is 1. The van der Waals surface area contributed by atoms with E-state index in [1.54, 1.807) is 7.11 Å². The van der Waals surface area contributed by atoms with Crippen molar-refractivity contribution in [1.29, 1.82) is 0 Å². The first-order valence-corrected chi connectivity index (χ1v) is 14.6. The summed E-state index contributed by atoms with van der Waals surface area (Å²) < 4.78 is 16.4. The zero-order valence-corrected chi connectivity index (χ0v) is 24.0. The summed E-state index contributed by atoms with van der Waals surface area (Å²) in [6.45, 7) is 4.95. The normalized spacial score (nSPS) is 16.4. The van der Waals surface area contributed by atoms with Crippen molar-refractivity contribution < 1.29 is 14.3 Å². The number of fused-ring (bicyclic) bond motifs is 4. The number of imidazole rings is 1. The molecule has 0 radical (unpaired) electrons. The molecule has 8 rings (SSSR count). The standard InChI is InChI=1S/C33H25N5O3S/c1-4-37-19(2)26(22-9-5-8-12-25(22)37)33(29-28(31(39)41-33)34-23-10-6-7-11-24(23)35-29)30-27(36-32-38(30)17-18-42-32)20-13-15-21(40-3)16-14-20/h5-18H,4H2,1-3H3. The molecule has 1 unspecified atom stereocenters. The monoisotopic (exact) mass is 571 g/mol. The lowest BCUT2D eigenvalue weighted by atomic mass is 9.83. The third kappa shape index (κ3) is 3.22. The van der Waals surface area contributed by atoms with Crippen molar-refractivity contribution in [2.45, 2.75) is 26.0 Å². The molecule has 0 spiro atoms. The summed E-state index contributed by atoms with van der Waals surface area (Å²) in [6.07, 6.45) is 1.98. The number of carbonyl (C=O) groups excluding carboxylic acids is 1. The number of aryl methyl sites for hydroxylation is 1. The van der Waals surface area contributed by atoms with Crippen LogP contribution in [-0.2, 0) is 16.9 Å². The van der Waals surface area contributed by atoms with E-state index in [-0.39, 0.29) is 5.69 Å². The van der Waals surface area contributed by atoms with Gasteiger partial charge in [0.05, 0.1) is 23.8 Å². The quantitative estimate of drug-likeness (QED) is 0.212. The predicted molar refractivity (Wildman–Crippen MR) is 162 cm³/mol. The number of hydrogen-bond donors (Lipinski definition) is 0. The molecule has 7 aromatic rings. The Morgan fingerprint density at radius 1 is 0.929 bits per heavy atom. The Balaban J connectivity index is 1.57. The number of nitrogens with zero attached hydrogens (tertiary/aromatic N) is 5. The topological polar surface area (TPSA) is 83.5 Å². The number of thiazole rings is 1. The van der Waals surface area contributed by atoms with Crippen LogP contribution in [0.3, 0.4) is 0 Å². The maximum absolute atomic E-state index is 13.9. The number of hydrogen-bond acceptors (Lipinski definition) is 7. The average molecular weight is 572 g/mol. The van der Waals surface area contributed by atoms with E-state index in [9.17, 15) is 4.79 Å². The number of ether oxygens (including phenoxy) is 2. The molecule has 4 aromatic heterocycles. The average Bonchev–Trinajstić information content (AvgIpc) is 3.76. The summed E-state index contributed by atoms with van der Waals surface area (Å²) in [5.74, 6) is 0.231. The van der Waals surface area contributed by atoms with E-state index in [0.717, 1.165) is 45.0 Å². The van der Waals surface area contributed by atoms with E-state index < -0.39 is 11.6 Å². The van der Waals surface area contributed by atoms with Crippen LogP contribution in [0.15, 0.2) is 84.4 Å². The number of aromatic nitrogens is 5. The first kappa shape index (κ1) is 24.8. The molecule has 0 bridgehead atoms. The van der Waals surface area contributed by atoms with Crippen LogP contribution in [0.1, 0.15) is 40.1 Å². The third-order valence-corrected chi connectivity index (χ3v) is 8.96. The van der Waals surface area contributed by atoms with Gasteiger partial charge in [-0.05, 0) is 56.3 Å². The molecule has 0 N–H and O–H groups in total. The Labute approximate surface area is 244 Å². The van der Waals surface area contributed by atoms with Gasteiger partial charge in [-0.15, -0.1) is 11.3 Å². The summed E-state index contributed by atoms with van der Waals surface area (Å²) in [7, 11) is 1.65. The second-order valence-electron chi connectivity index (χ2n) is 10.3. The molecule has 206 valence electrons. The van der Waals surface area contributed by atoms with E-state index in [2.05, 4.69) is 30.5 Å². The number of carbonyl (C=O) groups is 1. The lowest BCUT2D eigenvalue weighted by Gasteiger charge is -2.30. The van der Waals surface area contributed by atoms with E-state index in [4.69, 9.17) is 24.4 Å². The van der Waals surface area contributed by atoms with Gasteiger partial charge in [0.2, 0.25) is 5.60 Å². The van der Waals surface area contributed by atoms with Crippen LogP contribution in [0.4, 0.5) is 0 Å². The number of cyclic esters (lactones) is 1. The van der Waals surface area contributed by atoms with Crippen LogP contribution in [0.25, 0.3) is 38.2 Å². The van der Waals surface area contributed by atoms with Gasteiger partial charge in [-0.25, -0.2) is 19.7 Å². The minimum Gasteiger partial charge on any atom is -0.497 e. The van der Waals surface area contributed by atoms with Crippen LogP contribution in [-0.4, -0.2) is 37.0 Å². The Hall–Kier alpha value is -5.02. The van der Waals surface area contributed by atoms with Gasteiger partial charge in [-0.2, -0.15) is 0 Å². The molecule has 3 aromatic carbocycles. The van der Waals surface area contributed by atoms with E-state index in [0.29, 0.717) is 28.1 Å². The molecule has 42 heavy (non-hydrogen) atoms. The Morgan fingerprint density at radius 3 is 2.43 bits per heavy atom. The SMILES string of the molecule is CCn1c(C)c(C2(c3c(-c4ccc(OC)cc4)nc4sccn34)OC(=O)c3nc4ccccc4nc32)c2ccccc21. The second-order valence-corrected chi connectivity index (χ2v) is 11.2. The van der Waals surface area contributed by atoms with Crippen molar-refractivity contribution in [2.75, 3.05) is 7.11 Å². The Kier molecular flexibility index (Phi) is 5.30. The van der Waals surface area contributed by atoms with Crippen molar-refractivity contribution in [3.63, 3.8) is 0 Å². The Bertz CT molecular complexity index is 2190. The molecule has 1 atom stereocenters. The van der Waals surface area contributed by atoms with Crippen LogP contribution in [0, 0.1) is 6.92 Å². The van der Waals surface area contributed by atoms with Crippen molar-refractivity contribution in [1.82, 2.24) is 23.9 Å². The molecule has 9 heteroatoms. The highest BCUT2D eigenvalue weighted by Gasteiger charge is 2.56. The number of methoxy groups -OCH3 is 1. The van der Waals surface area contributed by atoms with Gasteiger partial charge in [0, 0.05) is 45.8 Å². The molecular weight excluding hydrogens is 546 g/mol. The molecule has 1 aliphatic heterocycles. The maximum Gasteiger partial charge on any atom is 0.360 e. The third-order valence-electron chi connectivity index (χ3n) is 8.20. The molecular formula is C33H25N5O3S. The maximum atomic E-state index is 13.9. The van der Waals surface area contributed by atoms with Crippen molar-refractivity contribution in [2.24, 2.45) is 0 Å². The minimum atomic E-state index is -1.43. The highest BCUT2D eigenvalue weighted by molar-refractivity contribution is 7.15.